The summed E-state index contributed by atoms with van der Waals surface area (Å²) in [6.07, 6.45) is 61.9. The molecule has 62 heavy (non-hydrogen) atoms. The van der Waals surface area contributed by atoms with Crippen molar-refractivity contribution in [1.82, 2.24) is 5.32 Å². The molecule has 0 bridgehead atoms. The molecule has 0 aromatic rings. The van der Waals surface area contributed by atoms with E-state index in [4.69, 9.17) is 4.74 Å². The van der Waals surface area contributed by atoms with Gasteiger partial charge in [0.1, 0.15) is 0 Å². The number of esters is 1. The lowest BCUT2D eigenvalue weighted by atomic mass is 10.0. The van der Waals surface area contributed by atoms with Gasteiger partial charge in [-0.25, -0.2) is 0 Å². The number of carbonyl (C=O) groups excluding carboxylic acids is 2. The fourth-order valence-corrected chi connectivity index (χ4v) is 8.45. The molecular formula is C56H107NO5. The van der Waals surface area contributed by atoms with Crippen molar-refractivity contribution in [1.29, 1.82) is 0 Å². The number of aliphatic hydroxyl groups excluding tert-OH is 2. The Balaban J connectivity index is 3.41. The van der Waals surface area contributed by atoms with Gasteiger partial charge in [0.05, 0.1) is 25.4 Å². The molecular weight excluding hydrogens is 767 g/mol. The first-order valence-electron chi connectivity index (χ1n) is 27.6. The molecule has 0 aliphatic rings. The predicted molar refractivity (Wildman–Crippen MR) is 269 cm³/mol. The highest BCUT2D eigenvalue weighted by Gasteiger charge is 2.18. The van der Waals surface area contributed by atoms with Crippen LogP contribution in [0.4, 0.5) is 0 Å². The maximum absolute atomic E-state index is 12.4. The molecule has 0 spiro atoms. The molecule has 0 saturated carbocycles. The molecule has 6 heteroatoms. The van der Waals surface area contributed by atoms with Crippen LogP contribution in [0.2, 0.25) is 0 Å². The molecule has 0 aromatic heterocycles. The van der Waals surface area contributed by atoms with Gasteiger partial charge in [-0.15, -0.1) is 0 Å². The van der Waals surface area contributed by atoms with E-state index >= 15 is 0 Å². The van der Waals surface area contributed by atoms with Crippen LogP contribution in [-0.2, 0) is 14.3 Å². The van der Waals surface area contributed by atoms with Crippen molar-refractivity contribution >= 4 is 11.9 Å². The van der Waals surface area contributed by atoms with E-state index in [0.717, 1.165) is 51.4 Å². The van der Waals surface area contributed by atoms with Gasteiger partial charge in [0.15, 0.2) is 0 Å². The smallest absolute Gasteiger partial charge is 0.305 e. The molecule has 6 nitrogen and oxygen atoms in total. The summed E-state index contributed by atoms with van der Waals surface area (Å²) in [5, 5.41) is 23.0. The van der Waals surface area contributed by atoms with Crippen LogP contribution < -0.4 is 5.32 Å². The van der Waals surface area contributed by atoms with E-state index in [1.54, 1.807) is 6.08 Å². The molecule has 0 heterocycles. The van der Waals surface area contributed by atoms with Crippen molar-refractivity contribution in [2.24, 2.45) is 0 Å². The second-order valence-electron chi connectivity index (χ2n) is 18.9. The monoisotopic (exact) mass is 874 g/mol. The van der Waals surface area contributed by atoms with Crippen LogP contribution in [0.1, 0.15) is 296 Å². The zero-order valence-corrected chi connectivity index (χ0v) is 41.6. The number of carbonyl (C=O) groups is 2. The Kier molecular flexibility index (Phi) is 50.6. The third-order valence-corrected chi connectivity index (χ3v) is 12.7. The van der Waals surface area contributed by atoms with Gasteiger partial charge in [-0.1, -0.05) is 250 Å². The highest BCUT2D eigenvalue weighted by molar-refractivity contribution is 5.76. The van der Waals surface area contributed by atoms with E-state index in [1.807, 2.05) is 6.08 Å². The molecule has 366 valence electrons. The number of ether oxygens (including phenoxy) is 1. The molecule has 0 fully saturated rings. The van der Waals surface area contributed by atoms with Crippen molar-refractivity contribution in [3.05, 3.63) is 24.3 Å². The third-order valence-electron chi connectivity index (χ3n) is 12.7. The molecule has 0 radical (unpaired) electrons. The zero-order chi connectivity index (χ0) is 45.1. The van der Waals surface area contributed by atoms with Gasteiger partial charge in [-0.05, 0) is 57.8 Å². The highest BCUT2D eigenvalue weighted by atomic mass is 16.5. The predicted octanol–water partition coefficient (Wildman–Crippen LogP) is 16.7. The van der Waals surface area contributed by atoms with Crippen molar-refractivity contribution < 1.29 is 24.5 Å². The summed E-state index contributed by atoms with van der Waals surface area (Å²) in [7, 11) is 0. The Morgan fingerprint density at radius 1 is 0.435 bits per heavy atom. The molecule has 2 atom stereocenters. The van der Waals surface area contributed by atoms with Crippen molar-refractivity contribution in [2.75, 3.05) is 13.2 Å². The largest absolute Gasteiger partial charge is 0.466 e. The van der Waals surface area contributed by atoms with Gasteiger partial charge in [-0.3, -0.25) is 9.59 Å². The minimum Gasteiger partial charge on any atom is -0.466 e. The summed E-state index contributed by atoms with van der Waals surface area (Å²) in [6.45, 7) is 4.87. The summed E-state index contributed by atoms with van der Waals surface area (Å²) < 4.78 is 5.48. The quantitative estimate of drug-likeness (QED) is 0.0321. The number of hydrogen-bond donors (Lipinski definition) is 3. The van der Waals surface area contributed by atoms with E-state index < -0.39 is 12.1 Å². The van der Waals surface area contributed by atoms with Crippen LogP contribution >= 0.6 is 0 Å². The van der Waals surface area contributed by atoms with Crippen LogP contribution in [0, 0.1) is 0 Å². The van der Waals surface area contributed by atoms with Crippen LogP contribution in [0.5, 0.6) is 0 Å². The zero-order valence-electron chi connectivity index (χ0n) is 41.6. The van der Waals surface area contributed by atoms with Crippen molar-refractivity contribution in [3.8, 4) is 0 Å². The molecule has 3 N–H and O–H groups in total. The number of nitrogens with one attached hydrogen (secondary N) is 1. The molecule has 2 unspecified atom stereocenters. The first-order chi connectivity index (χ1) is 30.5. The Morgan fingerprint density at radius 3 is 1.15 bits per heavy atom. The molecule has 1 amide bonds. The molecule has 0 aliphatic heterocycles. The normalized spacial score (nSPS) is 12.8. The van der Waals surface area contributed by atoms with E-state index in [1.165, 1.54) is 218 Å². The van der Waals surface area contributed by atoms with E-state index in [-0.39, 0.29) is 18.5 Å². The van der Waals surface area contributed by atoms with Gasteiger partial charge in [0.2, 0.25) is 5.91 Å². The topological polar surface area (TPSA) is 95.9 Å². The lowest BCUT2D eigenvalue weighted by Crippen LogP contribution is -2.45. The summed E-state index contributed by atoms with van der Waals surface area (Å²) in [5.74, 6) is -0.0786. The fourth-order valence-electron chi connectivity index (χ4n) is 8.45. The van der Waals surface area contributed by atoms with Crippen LogP contribution in [0.3, 0.4) is 0 Å². The average Bonchev–Trinajstić information content (AvgIpc) is 3.27. The van der Waals surface area contributed by atoms with Crippen molar-refractivity contribution in [3.63, 3.8) is 0 Å². The number of allylic oxidation sites excluding steroid dienone is 3. The lowest BCUT2D eigenvalue weighted by Gasteiger charge is -2.20. The second kappa shape index (κ2) is 52.0. The summed E-state index contributed by atoms with van der Waals surface area (Å²) in [4.78, 5) is 24.5. The Bertz CT molecular complexity index is 966. The van der Waals surface area contributed by atoms with Crippen molar-refractivity contribution in [2.45, 2.75) is 309 Å². The minimum atomic E-state index is -0.848. The second-order valence-corrected chi connectivity index (χ2v) is 18.9. The summed E-state index contributed by atoms with van der Waals surface area (Å²) >= 11 is 0. The first kappa shape index (κ1) is 60.3. The number of unbranched alkanes of at least 4 members (excludes halogenated alkanes) is 38. The molecule has 0 aliphatic carbocycles. The standard InChI is InChI=1S/C56H107NO5/c1-3-5-7-9-11-13-15-16-17-18-19-20-23-26-30-34-38-42-46-50-56(61)62-51-47-43-39-35-31-27-24-21-22-25-29-33-37-41-45-49-55(60)57-53(52-58)54(59)48-44-40-36-32-28-14-12-10-8-6-4-2/h16-17,44,48,53-54,58-59H,3-15,18-43,45-47,49-52H2,1-2H3,(H,57,60)/b17-16-,48-44+. The van der Waals surface area contributed by atoms with E-state index in [2.05, 4.69) is 31.3 Å². The maximum atomic E-state index is 12.4. The molecule has 0 rings (SSSR count). The SMILES string of the molecule is CCCCCCCC/C=C\CCCCCCCCCCCC(=O)OCCCCCCCCCCCCCCCCCC(=O)NC(CO)C(O)/C=C/CCCCCCCCCCC. The third kappa shape index (κ3) is 47.8. The van der Waals surface area contributed by atoms with E-state index in [0.29, 0.717) is 19.4 Å². The number of hydrogen-bond acceptors (Lipinski definition) is 5. The highest BCUT2D eigenvalue weighted by Crippen LogP contribution is 2.16. The van der Waals surface area contributed by atoms with Crippen LogP contribution in [0.15, 0.2) is 24.3 Å². The summed E-state index contributed by atoms with van der Waals surface area (Å²) in [5.41, 5.74) is 0. The van der Waals surface area contributed by atoms with Crippen LogP contribution in [-0.4, -0.2) is 47.4 Å². The average molecular weight is 874 g/mol. The van der Waals surface area contributed by atoms with Crippen LogP contribution in [0.25, 0.3) is 0 Å². The Labute approximate surface area is 386 Å². The maximum Gasteiger partial charge on any atom is 0.305 e. The Morgan fingerprint density at radius 2 is 0.758 bits per heavy atom. The number of aliphatic hydroxyl groups is 2. The minimum absolute atomic E-state index is 0.00111. The van der Waals surface area contributed by atoms with E-state index in [9.17, 15) is 19.8 Å². The van der Waals surface area contributed by atoms with Gasteiger partial charge in [0.25, 0.3) is 0 Å². The molecule has 0 aromatic carbocycles. The van der Waals surface area contributed by atoms with Gasteiger partial charge in [-0.2, -0.15) is 0 Å². The lowest BCUT2D eigenvalue weighted by molar-refractivity contribution is -0.143. The number of amides is 1. The Hall–Kier alpha value is -1.66. The molecule has 0 saturated heterocycles. The first-order valence-corrected chi connectivity index (χ1v) is 27.6. The number of rotatable bonds is 51. The summed E-state index contributed by atoms with van der Waals surface area (Å²) in [6, 6.07) is -0.633. The fraction of sp³-hybridized carbons (Fsp3) is 0.893. The van der Waals surface area contributed by atoms with Gasteiger partial charge in [0, 0.05) is 12.8 Å². The van der Waals surface area contributed by atoms with Gasteiger partial charge < -0.3 is 20.3 Å². The van der Waals surface area contributed by atoms with Gasteiger partial charge >= 0.3 is 5.97 Å².